The van der Waals surface area contributed by atoms with Gasteiger partial charge in [-0.05, 0) is 12.1 Å². The Bertz CT molecular complexity index is 911. The molecule has 0 radical (unpaired) electrons. The summed E-state index contributed by atoms with van der Waals surface area (Å²) >= 11 is 0. The van der Waals surface area contributed by atoms with Gasteiger partial charge in [-0.2, -0.15) is 5.10 Å². The smallest absolute Gasteiger partial charge is 0.355 e. The molecule has 2 aromatic carbocycles. The van der Waals surface area contributed by atoms with Crippen LogP contribution in [0.15, 0.2) is 59.7 Å². The molecule has 1 aliphatic rings. The minimum atomic E-state index is -1.18. The summed E-state index contributed by atoms with van der Waals surface area (Å²) in [5.74, 6) is -0.965. The largest absolute Gasteiger partial charge is 0.497 e. The fourth-order valence-corrected chi connectivity index (χ4v) is 2.61. The number of carbonyl (C=O) groups is 3. The molecule has 0 saturated carbocycles. The summed E-state index contributed by atoms with van der Waals surface area (Å²) in [5.41, 5.74) is 3.32. The van der Waals surface area contributed by atoms with Crippen molar-refractivity contribution in [3.63, 3.8) is 0 Å². The molecular weight excluding hydrogens is 362 g/mol. The lowest BCUT2D eigenvalue weighted by Crippen LogP contribution is -2.33. The molecule has 0 saturated heterocycles. The fraction of sp³-hybridized carbons (Fsp3) is 0.200. The summed E-state index contributed by atoms with van der Waals surface area (Å²) < 4.78 is 10.6. The van der Waals surface area contributed by atoms with Gasteiger partial charge >= 0.3 is 5.97 Å². The van der Waals surface area contributed by atoms with Gasteiger partial charge in [0.15, 0.2) is 0 Å². The molecule has 2 aromatic rings. The first kappa shape index (κ1) is 19.1. The zero-order valence-electron chi connectivity index (χ0n) is 15.2. The van der Waals surface area contributed by atoms with E-state index in [-0.39, 0.29) is 24.5 Å². The Morgan fingerprint density at radius 1 is 1.11 bits per heavy atom. The predicted molar refractivity (Wildman–Crippen MR) is 102 cm³/mol. The van der Waals surface area contributed by atoms with Crippen molar-refractivity contribution in [2.24, 2.45) is 5.10 Å². The van der Waals surface area contributed by atoms with Crippen molar-refractivity contribution in [1.82, 2.24) is 5.43 Å². The molecular formula is C20H19N3O5. The van der Waals surface area contributed by atoms with Gasteiger partial charge in [0.25, 0.3) is 5.91 Å². The maximum Gasteiger partial charge on any atom is 0.355 e. The van der Waals surface area contributed by atoms with Crippen LogP contribution >= 0.6 is 0 Å². The van der Waals surface area contributed by atoms with E-state index >= 15 is 0 Å². The molecule has 8 heteroatoms. The molecule has 1 atom stereocenters. The number of hydrazone groups is 1. The summed E-state index contributed by atoms with van der Waals surface area (Å²) in [4.78, 5) is 36.5. The highest BCUT2D eigenvalue weighted by Gasteiger charge is 2.28. The van der Waals surface area contributed by atoms with Gasteiger partial charge in [0.2, 0.25) is 12.0 Å². The zero-order chi connectivity index (χ0) is 19.9. The third kappa shape index (κ3) is 4.73. The number of nitrogens with zero attached hydrogens (tertiary/aromatic N) is 1. The molecule has 1 unspecified atom stereocenters. The maximum atomic E-state index is 12.8. The van der Waals surface area contributed by atoms with E-state index in [4.69, 9.17) is 9.47 Å². The van der Waals surface area contributed by atoms with Crippen LogP contribution in [0.4, 0.5) is 5.69 Å². The van der Waals surface area contributed by atoms with E-state index in [1.165, 1.54) is 7.11 Å². The van der Waals surface area contributed by atoms with Crippen molar-refractivity contribution in [3.8, 4) is 5.75 Å². The van der Waals surface area contributed by atoms with E-state index in [2.05, 4.69) is 15.8 Å². The summed E-state index contributed by atoms with van der Waals surface area (Å²) in [5, 5.41) is 6.44. The van der Waals surface area contributed by atoms with Crippen molar-refractivity contribution in [2.45, 2.75) is 18.9 Å². The highest BCUT2D eigenvalue weighted by molar-refractivity contribution is 6.37. The summed E-state index contributed by atoms with van der Waals surface area (Å²) in [6.07, 6.45) is -0.885. The molecule has 0 aliphatic carbocycles. The molecule has 0 aromatic heterocycles. The lowest BCUT2D eigenvalue weighted by Gasteiger charge is -2.19. The molecule has 2 N–H and O–H groups in total. The Kier molecular flexibility index (Phi) is 6.01. The molecule has 28 heavy (non-hydrogen) atoms. The SMILES string of the molecule is COc1cccc(NC(=O)C(OC(=O)C2=NNC(=O)CC2)c2ccccc2)c1. The third-order valence-electron chi connectivity index (χ3n) is 4.04. The monoisotopic (exact) mass is 381 g/mol. The lowest BCUT2D eigenvalue weighted by atomic mass is 10.1. The van der Waals surface area contributed by atoms with Crippen LogP contribution in [0.2, 0.25) is 0 Å². The number of hydrogen-bond acceptors (Lipinski definition) is 6. The Labute approximate surface area is 161 Å². The number of carbonyl (C=O) groups excluding carboxylic acids is 3. The van der Waals surface area contributed by atoms with Gasteiger partial charge in [-0.1, -0.05) is 36.4 Å². The Hall–Kier alpha value is -3.68. The number of anilines is 1. The van der Waals surface area contributed by atoms with Crippen molar-refractivity contribution in [2.75, 3.05) is 12.4 Å². The lowest BCUT2D eigenvalue weighted by molar-refractivity contribution is -0.148. The van der Waals surface area contributed by atoms with E-state index < -0.39 is 18.0 Å². The Balaban J connectivity index is 1.79. The second kappa shape index (κ2) is 8.81. The molecule has 3 rings (SSSR count). The number of amides is 2. The van der Waals surface area contributed by atoms with Crippen LogP contribution in [-0.2, 0) is 19.1 Å². The minimum Gasteiger partial charge on any atom is -0.497 e. The average Bonchev–Trinajstić information content (AvgIpc) is 2.73. The molecule has 0 bridgehead atoms. The molecule has 2 amide bonds. The van der Waals surface area contributed by atoms with Crippen LogP contribution < -0.4 is 15.5 Å². The Morgan fingerprint density at radius 3 is 2.57 bits per heavy atom. The van der Waals surface area contributed by atoms with Crippen LogP contribution in [0, 0.1) is 0 Å². The van der Waals surface area contributed by atoms with Crippen LogP contribution in [0.3, 0.4) is 0 Å². The van der Waals surface area contributed by atoms with Gasteiger partial charge in [-0.15, -0.1) is 0 Å². The standard InChI is InChI=1S/C20H19N3O5/c1-27-15-9-5-8-14(12-15)21-19(25)18(13-6-3-2-4-7-13)28-20(26)16-10-11-17(24)23-22-16/h2-9,12,18H,10-11H2,1H3,(H,21,25)(H,23,24). The van der Waals surface area contributed by atoms with E-state index in [1.54, 1.807) is 54.6 Å². The van der Waals surface area contributed by atoms with Gasteiger partial charge in [-0.3, -0.25) is 9.59 Å². The molecule has 1 heterocycles. The second-order valence-electron chi connectivity index (χ2n) is 6.01. The third-order valence-corrected chi connectivity index (χ3v) is 4.04. The number of esters is 1. The first-order valence-corrected chi connectivity index (χ1v) is 8.63. The molecule has 0 fully saturated rings. The van der Waals surface area contributed by atoms with E-state index in [0.717, 1.165) is 0 Å². The van der Waals surface area contributed by atoms with Crippen LogP contribution in [0.5, 0.6) is 5.75 Å². The van der Waals surface area contributed by atoms with Crippen LogP contribution in [0.25, 0.3) is 0 Å². The molecule has 144 valence electrons. The van der Waals surface area contributed by atoms with Gasteiger partial charge in [-0.25, -0.2) is 10.2 Å². The normalized spacial score (nSPS) is 14.3. The van der Waals surface area contributed by atoms with Gasteiger partial charge < -0.3 is 14.8 Å². The zero-order valence-corrected chi connectivity index (χ0v) is 15.2. The van der Waals surface area contributed by atoms with Gasteiger partial charge in [0.05, 0.1) is 7.11 Å². The first-order valence-electron chi connectivity index (χ1n) is 8.63. The van der Waals surface area contributed by atoms with Crippen molar-refractivity contribution in [1.29, 1.82) is 0 Å². The predicted octanol–water partition coefficient (Wildman–Crippen LogP) is 2.18. The maximum absolute atomic E-state index is 12.8. The minimum absolute atomic E-state index is 0.0645. The fourth-order valence-electron chi connectivity index (χ4n) is 2.61. The summed E-state index contributed by atoms with van der Waals surface area (Å²) in [6, 6.07) is 15.5. The summed E-state index contributed by atoms with van der Waals surface area (Å²) in [6.45, 7) is 0. The summed E-state index contributed by atoms with van der Waals surface area (Å²) in [7, 11) is 1.53. The molecule has 8 nitrogen and oxygen atoms in total. The van der Waals surface area contributed by atoms with E-state index in [1.807, 2.05) is 0 Å². The topological polar surface area (TPSA) is 106 Å². The van der Waals surface area contributed by atoms with Gasteiger partial charge in [0.1, 0.15) is 11.5 Å². The van der Waals surface area contributed by atoms with Crippen LogP contribution in [-0.4, -0.2) is 30.6 Å². The highest BCUT2D eigenvalue weighted by Crippen LogP contribution is 2.23. The number of rotatable bonds is 6. The number of nitrogens with one attached hydrogen (secondary N) is 2. The number of methoxy groups -OCH3 is 1. The van der Waals surface area contributed by atoms with E-state index in [9.17, 15) is 14.4 Å². The Morgan fingerprint density at radius 2 is 1.89 bits per heavy atom. The number of ether oxygens (including phenoxy) is 2. The molecule has 1 aliphatic heterocycles. The quantitative estimate of drug-likeness (QED) is 0.746. The second-order valence-corrected chi connectivity index (χ2v) is 6.01. The first-order chi connectivity index (χ1) is 13.6. The number of hydrogen-bond donors (Lipinski definition) is 2. The highest BCUT2D eigenvalue weighted by atomic mass is 16.5. The van der Waals surface area contributed by atoms with Crippen molar-refractivity contribution < 1.29 is 23.9 Å². The van der Waals surface area contributed by atoms with E-state index in [0.29, 0.717) is 17.0 Å². The van der Waals surface area contributed by atoms with Crippen LogP contribution in [0.1, 0.15) is 24.5 Å². The molecule has 0 spiro atoms. The average molecular weight is 381 g/mol. The van der Waals surface area contributed by atoms with Crippen molar-refractivity contribution in [3.05, 3.63) is 60.2 Å². The van der Waals surface area contributed by atoms with Crippen molar-refractivity contribution >= 4 is 29.2 Å². The number of benzene rings is 2. The van der Waals surface area contributed by atoms with Gasteiger partial charge in [0, 0.05) is 30.2 Å².